The summed E-state index contributed by atoms with van der Waals surface area (Å²) in [6, 6.07) is 10.2. The molecule has 32 heavy (non-hydrogen) atoms. The third-order valence-corrected chi connectivity index (χ3v) is 5.60. The molecule has 0 amide bonds. The molecular formula is C22H25FN8O. The van der Waals surface area contributed by atoms with Crippen LogP contribution in [0.5, 0.6) is 0 Å². The summed E-state index contributed by atoms with van der Waals surface area (Å²) in [5, 5.41) is 17.2. The highest BCUT2D eigenvalue weighted by atomic mass is 19.1. The van der Waals surface area contributed by atoms with Crippen molar-refractivity contribution in [1.82, 2.24) is 34.9 Å². The van der Waals surface area contributed by atoms with Crippen molar-refractivity contribution in [2.24, 2.45) is 0 Å². The Labute approximate surface area is 184 Å². The zero-order valence-electron chi connectivity index (χ0n) is 18.1. The number of fused-ring (bicyclic) bond motifs is 1. The van der Waals surface area contributed by atoms with Crippen LogP contribution in [0.25, 0.3) is 17.0 Å². The number of rotatable bonds is 5. The monoisotopic (exact) mass is 436 g/mol. The third-order valence-electron chi connectivity index (χ3n) is 5.60. The van der Waals surface area contributed by atoms with Gasteiger partial charge in [-0.2, -0.15) is 9.50 Å². The molecule has 0 saturated carbocycles. The Bertz CT molecular complexity index is 1220. The number of nitrogens with zero attached hydrogens (tertiary/aromatic N) is 8. The highest BCUT2D eigenvalue weighted by Crippen LogP contribution is 2.21. The SMILES string of the molecule is CC(C)c1noc(CN2CCCN(c3ccc4nnc(-c5cccc(F)c5)n4n3)CC2)n1. The molecule has 0 unspecified atom stereocenters. The first-order chi connectivity index (χ1) is 15.6. The van der Waals surface area contributed by atoms with Crippen molar-refractivity contribution in [3.63, 3.8) is 0 Å². The average molecular weight is 436 g/mol. The second kappa shape index (κ2) is 8.62. The van der Waals surface area contributed by atoms with Crippen LogP contribution in [0.15, 0.2) is 40.9 Å². The van der Waals surface area contributed by atoms with Gasteiger partial charge in [0.05, 0.1) is 6.54 Å². The van der Waals surface area contributed by atoms with Gasteiger partial charge in [-0.05, 0) is 30.7 Å². The van der Waals surface area contributed by atoms with Crippen molar-refractivity contribution in [1.29, 1.82) is 0 Å². The maximum Gasteiger partial charge on any atom is 0.240 e. The molecule has 4 aromatic rings. The van der Waals surface area contributed by atoms with E-state index >= 15 is 0 Å². The topological polar surface area (TPSA) is 88.5 Å². The number of benzene rings is 1. The van der Waals surface area contributed by atoms with E-state index < -0.39 is 0 Å². The van der Waals surface area contributed by atoms with Crippen molar-refractivity contribution in [3.05, 3.63) is 53.9 Å². The zero-order valence-corrected chi connectivity index (χ0v) is 18.1. The summed E-state index contributed by atoms with van der Waals surface area (Å²) < 4.78 is 20.8. The number of anilines is 1. The number of hydrogen-bond acceptors (Lipinski definition) is 8. The molecule has 5 rings (SSSR count). The van der Waals surface area contributed by atoms with Crippen LogP contribution in [-0.4, -0.2) is 61.0 Å². The zero-order chi connectivity index (χ0) is 22.1. The van der Waals surface area contributed by atoms with Gasteiger partial charge in [0.1, 0.15) is 11.6 Å². The standard InChI is InChI=1S/C22H25FN8O/c1-15(2)21-24-20(32-28-21)14-29-9-4-10-30(12-11-29)19-8-7-18-25-26-22(31(18)27-19)16-5-3-6-17(23)13-16/h3,5-8,13,15H,4,9-12,14H2,1-2H3. The molecule has 1 saturated heterocycles. The van der Waals surface area contributed by atoms with Gasteiger partial charge in [-0.3, -0.25) is 4.90 Å². The van der Waals surface area contributed by atoms with E-state index in [-0.39, 0.29) is 11.7 Å². The highest BCUT2D eigenvalue weighted by Gasteiger charge is 2.20. The van der Waals surface area contributed by atoms with Crippen LogP contribution < -0.4 is 4.90 Å². The quantitative estimate of drug-likeness (QED) is 0.471. The summed E-state index contributed by atoms with van der Waals surface area (Å²) in [6.07, 6.45) is 0.990. The van der Waals surface area contributed by atoms with Crippen LogP contribution in [-0.2, 0) is 6.54 Å². The molecule has 0 bridgehead atoms. The average Bonchev–Trinajstić information content (AvgIpc) is 3.36. The lowest BCUT2D eigenvalue weighted by Gasteiger charge is -2.22. The predicted octanol–water partition coefficient (Wildman–Crippen LogP) is 3.15. The molecular weight excluding hydrogens is 411 g/mol. The van der Waals surface area contributed by atoms with Gasteiger partial charge < -0.3 is 9.42 Å². The lowest BCUT2D eigenvalue weighted by Crippen LogP contribution is -2.31. The summed E-state index contributed by atoms with van der Waals surface area (Å²) in [7, 11) is 0. The summed E-state index contributed by atoms with van der Waals surface area (Å²) in [6.45, 7) is 8.26. The molecule has 4 heterocycles. The Morgan fingerprint density at radius 3 is 2.78 bits per heavy atom. The van der Waals surface area contributed by atoms with Crippen molar-refractivity contribution in [2.45, 2.75) is 32.7 Å². The Balaban J connectivity index is 1.32. The van der Waals surface area contributed by atoms with E-state index in [4.69, 9.17) is 9.62 Å². The minimum Gasteiger partial charge on any atom is -0.354 e. The van der Waals surface area contributed by atoms with E-state index in [1.165, 1.54) is 12.1 Å². The van der Waals surface area contributed by atoms with Gasteiger partial charge in [-0.25, -0.2) is 4.39 Å². The molecule has 9 nitrogen and oxygen atoms in total. The largest absolute Gasteiger partial charge is 0.354 e. The van der Waals surface area contributed by atoms with Gasteiger partial charge in [0.2, 0.25) is 5.89 Å². The van der Waals surface area contributed by atoms with Crippen molar-refractivity contribution in [2.75, 3.05) is 31.1 Å². The molecule has 3 aromatic heterocycles. The van der Waals surface area contributed by atoms with Crippen LogP contribution in [0, 0.1) is 5.82 Å². The molecule has 10 heteroatoms. The fourth-order valence-electron chi connectivity index (χ4n) is 3.87. The van der Waals surface area contributed by atoms with E-state index in [2.05, 4.69) is 44.0 Å². The van der Waals surface area contributed by atoms with Gasteiger partial charge in [0.15, 0.2) is 17.3 Å². The van der Waals surface area contributed by atoms with Crippen LogP contribution in [0.1, 0.15) is 37.9 Å². The van der Waals surface area contributed by atoms with Gasteiger partial charge in [0.25, 0.3) is 0 Å². The van der Waals surface area contributed by atoms with E-state index in [1.54, 1.807) is 16.6 Å². The maximum absolute atomic E-state index is 13.7. The molecule has 0 aliphatic carbocycles. The first-order valence-corrected chi connectivity index (χ1v) is 10.8. The normalized spacial score (nSPS) is 15.6. The molecule has 1 aromatic carbocycles. The molecule has 0 spiro atoms. The second-order valence-electron chi connectivity index (χ2n) is 8.31. The fourth-order valence-corrected chi connectivity index (χ4v) is 3.87. The molecule has 1 fully saturated rings. The Kier molecular flexibility index (Phi) is 5.52. The van der Waals surface area contributed by atoms with E-state index in [9.17, 15) is 4.39 Å². The minimum absolute atomic E-state index is 0.253. The number of halogens is 1. The summed E-state index contributed by atoms with van der Waals surface area (Å²) >= 11 is 0. The Hall–Kier alpha value is -3.40. The smallest absolute Gasteiger partial charge is 0.240 e. The molecule has 0 radical (unpaired) electrons. The molecule has 0 N–H and O–H groups in total. The van der Waals surface area contributed by atoms with Gasteiger partial charge in [-0.1, -0.05) is 31.1 Å². The fraction of sp³-hybridized carbons (Fsp3) is 0.409. The van der Waals surface area contributed by atoms with Crippen LogP contribution in [0.2, 0.25) is 0 Å². The predicted molar refractivity (Wildman–Crippen MR) is 117 cm³/mol. The maximum atomic E-state index is 13.7. The van der Waals surface area contributed by atoms with E-state index in [0.717, 1.165) is 44.2 Å². The van der Waals surface area contributed by atoms with Crippen molar-refractivity contribution in [3.8, 4) is 11.4 Å². The summed E-state index contributed by atoms with van der Waals surface area (Å²) in [4.78, 5) is 9.07. The second-order valence-corrected chi connectivity index (χ2v) is 8.31. The van der Waals surface area contributed by atoms with E-state index in [1.807, 2.05) is 12.1 Å². The van der Waals surface area contributed by atoms with Gasteiger partial charge in [0, 0.05) is 37.7 Å². The first kappa shape index (κ1) is 20.5. The van der Waals surface area contributed by atoms with E-state index in [0.29, 0.717) is 29.5 Å². The van der Waals surface area contributed by atoms with Crippen LogP contribution in [0.4, 0.5) is 10.2 Å². The first-order valence-electron chi connectivity index (χ1n) is 10.8. The van der Waals surface area contributed by atoms with Crippen LogP contribution >= 0.6 is 0 Å². The number of hydrogen-bond donors (Lipinski definition) is 0. The van der Waals surface area contributed by atoms with Crippen molar-refractivity contribution >= 4 is 11.5 Å². The lowest BCUT2D eigenvalue weighted by atomic mass is 10.2. The van der Waals surface area contributed by atoms with Crippen LogP contribution in [0.3, 0.4) is 0 Å². The van der Waals surface area contributed by atoms with Crippen molar-refractivity contribution < 1.29 is 8.91 Å². The molecule has 166 valence electrons. The molecule has 0 atom stereocenters. The Morgan fingerprint density at radius 1 is 1.06 bits per heavy atom. The van der Waals surface area contributed by atoms with Gasteiger partial charge >= 0.3 is 0 Å². The third kappa shape index (κ3) is 4.18. The minimum atomic E-state index is -0.315. The molecule has 1 aliphatic rings. The molecule has 1 aliphatic heterocycles. The lowest BCUT2D eigenvalue weighted by molar-refractivity contribution is 0.239. The Morgan fingerprint density at radius 2 is 1.97 bits per heavy atom. The number of aromatic nitrogens is 6. The van der Waals surface area contributed by atoms with Gasteiger partial charge in [-0.15, -0.1) is 15.3 Å². The highest BCUT2D eigenvalue weighted by molar-refractivity contribution is 5.59. The summed E-state index contributed by atoms with van der Waals surface area (Å²) in [5.74, 6) is 2.71. The summed E-state index contributed by atoms with van der Waals surface area (Å²) in [5.41, 5.74) is 1.27.